The number of hydrogen-bond donors (Lipinski definition) is 0. The smallest absolute Gasteiger partial charge is 0.335 e. The molecule has 5 nitrogen and oxygen atoms in total. The van der Waals surface area contributed by atoms with Gasteiger partial charge in [-0.15, -0.1) is 0 Å². The number of carbonyl (C=O) groups is 2. The van der Waals surface area contributed by atoms with Crippen molar-refractivity contribution in [3.8, 4) is 0 Å². The minimum atomic E-state index is -2.20. The van der Waals surface area contributed by atoms with Gasteiger partial charge in [-0.3, -0.25) is 4.79 Å². The predicted octanol–water partition coefficient (Wildman–Crippen LogP) is 3.67. The zero-order chi connectivity index (χ0) is 17.8. The summed E-state index contributed by atoms with van der Waals surface area (Å²) in [4.78, 5) is 24.1. The van der Waals surface area contributed by atoms with Crippen LogP contribution in [0.15, 0.2) is 0 Å². The third kappa shape index (κ3) is 7.40. The molecule has 0 radical (unpaired) electrons. The van der Waals surface area contributed by atoms with Crippen LogP contribution in [-0.2, 0) is 23.5 Å². The molecule has 0 aromatic rings. The Kier molecular flexibility index (Phi) is 7.29. The average Bonchev–Trinajstić information content (AvgIpc) is 2.23. The van der Waals surface area contributed by atoms with E-state index >= 15 is 0 Å². The molecule has 0 heterocycles. The average molecular weight is 333 g/mol. The van der Waals surface area contributed by atoms with Crippen LogP contribution in [0.1, 0.15) is 54.9 Å². The summed E-state index contributed by atoms with van der Waals surface area (Å²) in [5, 5.41) is -0.0675. The van der Waals surface area contributed by atoms with Gasteiger partial charge in [-0.05, 0) is 45.8 Å². The molecule has 1 atom stereocenters. The molecule has 0 aromatic carbocycles. The van der Waals surface area contributed by atoms with E-state index < -0.39 is 32.0 Å². The highest BCUT2D eigenvalue weighted by Crippen LogP contribution is 2.38. The normalized spacial score (nSPS) is 14.4. The van der Waals surface area contributed by atoms with Crippen LogP contribution in [0.5, 0.6) is 0 Å². The molecular weight excluding hydrogens is 300 g/mol. The Morgan fingerprint density at radius 3 is 1.91 bits per heavy atom. The molecular formula is C16H32O5Si. The van der Waals surface area contributed by atoms with Crippen LogP contribution in [0.4, 0.5) is 0 Å². The van der Waals surface area contributed by atoms with Gasteiger partial charge in [0.1, 0.15) is 5.60 Å². The van der Waals surface area contributed by atoms with Gasteiger partial charge in [-0.2, -0.15) is 0 Å². The van der Waals surface area contributed by atoms with Crippen LogP contribution in [-0.4, -0.2) is 38.6 Å². The van der Waals surface area contributed by atoms with Gasteiger partial charge in [0.25, 0.3) is 0 Å². The summed E-state index contributed by atoms with van der Waals surface area (Å²) in [7, 11) is -2.20. The van der Waals surface area contributed by atoms with E-state index in [9.17, 15) is 9.59 Å². The van der Waals surface area contributed by atoms with Gasteiger partial charge < -0.3 is 13.9 Å². The van der Waals surface area contributed by atoms with Crippen molar-refractivity contribution in [3.05, 3.63) is 0 Å². The number of ether oxygens (including phenoxy) is 2. The molecule has 0 aliphatic rings. The molecule has 0 spiro atoms. The quantitative estimate of drug-likeness (QED) is 0.548. The van der Waals surface area contributed by atoms with Crippen molar-refractivity contribution in [1.29, 1.82) is 0 Å². The Bertz CT molecular complexity index is 390. The Morgan fingerprint density at radius 2 is 1.55 bits per heavy atom. The largest absolute Gasteiger partial charge is 0.466 e. The summed E-state index contributed by atoms with van der Waals surface area (Å²) < 4.78 is 16.4. The molecule has 0 amide bonds. The highest BCUT2D eigenvalue weighted by Gasteiger charge is 2.42. The lowest BCUT2D eigenvalue weighted by atomic mass is 10.2. The number of hydrogen-bond acceptors (Lipinski definition) is 5. The Hall–Kier alpha value is -0.883. The summed E-state index contributed by atoms with van der Waals surface area (Å²) in [6.45, 7) is 17.7. The number of rotatable bonds is 6. The topological polar surface area (TPSA) is 61.8 Å². The summed E-state index contributed by atoms with van der Waals surface area (Å²) in [6, 6.07) is 0. The van der Waals surface area contributed by atoms with Crippen molar-refractivity contribution in [1.82, 2.24) is 0 Å². The first-order valence-electron chi connectivity index (χ1n) is 7.76. The fraction of sp³-hybridized carbons (Fsp3) is 0.875. The van der Waals surface area contributed by atoms with E-state index in [1.54, 1.807) is 27.7 Å². The minimum absolute atomic E-state index is 0.0675. The van der Waals surface area contributed by atoms with Crippen LogP contribution < -0.4 is 0 Å². The zero-order valence-electron chi connectivity index (χ0n) is 15.5. The maximum atomic E-state index is 12.4. The van der Waals surface area contributed by atoms with Crippen LogP contribution in [0.25, 0.3) is 0 Å². The molecule has 0 unspecified atom stereocenters. The first-order valence-corrected chi connectivity index (χ1v) is 10.7. The molecule has 0 N–H and O–H groups in total. The second kappa shape index (κ2) is 7.59. The number of carbonyl (C=O) groups excluding carboxylic acids is 2. The monoisotopic (exact) mass is 332 g/mol. The lowest BCUT2D eigenvalue weighted by Crippen LogP contribution is -2.48. The van der Waals surface area contributed by atoms with Crippen molar-refractivity contribution in [3.63, 3.8) is 0 Å². The van der Waals surface area contributed by atoms with Crippen molar-refractivity contribution in [2.45, 2.75) is 84.7 Å². The molecule has 0 rings (SSSR count). The number of esters is 2. The van der Waals surface area contributed by atoms with E-state index in [-0.39, 0.29) is 18.1 Å². The van der Waals surface area contributed by atoms with Gasteiger partial charge in [-0.25, -0.2) is 4.79 Å². The maximum Gasteiger partial charge on any atom is 0.335 e. The highest BCUT2D eigenvalue weighted by molar-refractivity contribution is 6.74. The molecule has 6 heteroatoms. The van der Waals surface area contributed by atoms with Gasteiger partial charge >= 0.3 is 11.9 Å². The van der Waals surface area contributed by atoms with E-state index in [0.29, 0.717) is 0 Å². The molecule has 0 saturated carbocycles. The highest BCUT2D eigenvalue weighted by atomic mass is 28.4. The molecule has 0 fully saturated rings. The maximum absolute atomic E-state index is 12.4. The Balaban J connectivity index is 5.17. The molecule has 0 aromatic heterocycles. The molecule has 22 heavy (non-hydrogen) atoms. The summed E-state index contributed by atoms with van der Waals surface area (Å²) in [6.07, 6.45) is -1.03. The Morgan fingerprint density at radius 1 is 1.05 bits per heavy atom. The predicted molar refractivity (Wildman–Crippen MR) is 89.2 cm³/mol. The van der Waals surface area contributed by atoms with Crippen molar-refractivity contribution < 1.29 is 23.5 Å². The van der Waals surface area contributed by atoms with Gasteiger partial charge in [0.05, 0.1) is 13.0 Å². The summed E-state index contributed by atoms with van der Waals surface area (Å²) in [5.74, 6) is -0.956. The first kappa shape index (κ1) is 21.1. The van der Waals surface area contributed by atoms with E-state index in [1.165, 1.54) is 0 Å². The fourth-order valence-corrected chi connectivity index (χ4v) is 2.69. The van der Waals surface area contributed by atoms with Crippen molar-refractivity contribution >= 4 is 20.3 Å². The third-order valence-electron chi connectivity index (χ3n) is 3.57. The summed E-state index contributed by atoms with van der Waals surface area (Å²) >= 11 is 0. The van der Waals surface area contributed by atoms with Crippen molar-refractivity contribution in [2.24, 2.45) is 0 Å². The minimum Gasteiger partial charge on any atom is -0.466 e. The van der Waals surface area contributed by atoms with E-state index in [2.05, 4.69) is 20.8 Å². The molecule has 0 aliphatic carbocycles. The van der Waals surface area contributed by atoms with Crippen LogP contribution >= 0.6 is 0 Å². The lowest BCUT2D eigenvalue weighted by Gasteiger charge is -2.38. The molecule has 0 aliphatic heterocycles. The second-order valence-electron chi connectivity index (χ2n) is 7.91. The Labute approximate surface area is 135 Å². The van der Waals surface area contributed by atoms with Gasteiger partial charge in [-0.1, -0.05) is 20.8 Å². The van der Waals surface area contributed by atoms with E-state index in [1.807, 2.05) is 13.1 Å². The van der Waals surface area contributed by atoms with E-state index in [4.69, 9.17) is 13.9 Å². The standard InChI is InChI=1S/C16H32O5Si/c1-10-19-13(17)11-12(14(18)20-15(2,3)4)21-22(8,9)16(5,6)7/h12H,10-11H2,1-9H3/t12-/m0/s1. The lowest BCUT2D eigenvalue weighted by molar-refractivity contribution is -0.168. The van der Waals surface area contributed by atoms with Crippen LogP contribution in [0.3, 0.4) is 0 Å². The van der Waals surface area contributed by atoms with Crippen LogP contribution in [0, 0.1) is 0 Å². The SMILES string of the molecule is CCOC(=O)C[C@H](O[Si](C)(C)C(C)(C)C)C(=O)OC(C)(C)C. The third-order valence-corrected chi connectivity index (χ3v) is 8.06. The second-order valence-corrected chi connectivity index (χ2v) is 12.7. The fourth-order valence-electron chi connectivity index (χ4n) is 1.44. The summed E-state index contributed by atoms with van der Waals surface area (Å²) in [5.41, 5.74) is -0.624. The molecule has 130 valence electrons. The van der Waals surface area contributed by atoms with E-state index in [0.717, 1.165) is 0 Å². The van der Waals surface area contributed by atoms with Gasteiger partial charge in [0.15, 0.2) is 14.4 Å². The zero-order valence-corrected chi connectivity index (χ0v) is 16.5. The van der Waals surface area contributed by atoms with Crippen molar-refractivity contribution in [2.75, 3.05) is 6.61 Å². The molecule has 0 bridgehead atoms. The van der Waals surface area contributed by atoms with Gasteiger partial charge in [0, 0.05) is 0 Å². The van der Waals surface area contributed by atoms with Crippen LogP contribution in [0.2, 0.25) is 18.1 Å². The first-order chi connectivity index (χ1) is 9.69. The van der Waals surface area contributed by atoms with Gasteiger partial charge in [0.2, 0.25) is 0 Å². The molecule has 0 saturated heterocycles.